The number of nitrogens with two attached hydrogens (primary N) is 1. The highest BCUT2D eigenvalue weighted by Gasteiger charge is 2.54. The van der Waals surface area contributed by atoms with Crippen LogP contribution in [0.5, 0.6) is 0 Å². The van der Waals surface area contributed by atoms with Crippen molar-refractivity contribution in [3.05, 3.63) is 22.7 Å². The fourth-order valence-electron chi connectivity index (χ4n) is 2.14. The zero-order chi connectivity index (χ0) is 15.6. The first-order valence-corrected chi connectivity index (χ1v) is 6.44. The van der Waals surface area contributed by atoms with E-state index in [1.54, 1.807) is 6.92 Å². The van der Waals surface area contributed by atoms with Gasteiger partial charge in [-0.15, -0.1) is 5.92 Å². The third kappa shape index (κ3) is 2.64. The van der Waals surface area contributed by atoms with E-state index in [-0.39, 0.29) is 5.82 Å². The fourth-order valence-corrected chi connectivity index (χ4v) is 2.14. The second-order valence-electron chi connectivity index (χ2n) is 4.69. The molecule has 5 N–H and O–H groups in total. The van der Waals surface area contributed by atoms with Gasteiger partial charge in [0.05, 0.1) is 6.61 Å². The van der Waals surface area contributed by atoms with Crippen LogP contribution in [0.4, 0.5) is 5.82 Å². The average Bonchev–Trinajstić information content (AvgIpc) is 2.71. The second kappa shape index (κ2) is 5.83. The number of nitrogens with zero attached hydrogens (tertiary/aromatic N) is 2. The molecule has 1 aliphatic heterocycles. The van der Waals surface area contributed by atoms with Gasteiger partial charge in [-0.2, -0.15) is 4.98 Å². The van der Waals surface area contributed by atoms with Crippen molar-refractivity contribution in [2.24, 2.45) is 0 Å². The van der Waals surface area contributed by atoms with Gasteiger partial charge < -0.3 is 25.8 Å². The molecule has 0 aromatic carbocycles. The van der Waals surface area contributed by atoms with Gasteiger partial charge in [0.15, 0.2) is 11.8 Å². The molecule has 0 bridgehead atoms. The Labute approximate surface area is 120 Å². The summed E-state index contributed by atoms with van der Waals surface area (Å²) in [6, 6.07) is 1.36. The van der Waals surface area contributed by atoms with Crippen LogP contribution in [0.1, 0.15) is 19.6 Å². The SMILES string of the molecule is CCC#C[C@]1(CO)O[C@@H](n2ccc(N)nc2=O)C(O)C1O. The maximum Gasteiger partial charge on any atom is 0.351 e. The molecule has 8 heteroatoms. The summed E-state index contributed by atoms with van der Waals surface area (Å²) in [7, 11) is 0. The molecule has 114 valence electrons. The zero-order valence-corrected chi connectivity index (χ0v) is 11.4. The van der Waals surface area contributed by atoms with Gasteiger partial charge in [-0.1, -0.05) is 12.8 Å². The fraction of sp³-hybridized carbons (Fsp3) is 0.538. The summed E-state index contributed by atoms with van der Waals surface area (Å²) in [6.45, 7) is 1.17. The molecule has 1 aromatic heterocycles. The summed E-state index contributed by atoms with van der Waals surface area (Å²) in [5.41, 5.74) is 3.02. The smallest absolute Gasteiger partial charge is 0.351 e. The third-order valence-corrected chi connectivity index (χ3v) is 3.26. The van der Waals surface area contributed by atoms with Gasteiger partial charge in [0.2, 0.25) is 0 Å². The minimum absolute atomic E-state index is 0.0310. The Kier molecular flexibility index (Phi) is 4.29. The molecule has 1 aliphatic rings. The van der Waals surface area contributed by atoms with Crippen LogP contribution in [0, 0.1) is 11.8 Å². The number of hydrogen-bond donors (Lipinski definition) is 4. The van der Waals surface area contributed by atoms with Crippen LogP contribution >= 0.6 is 0 Å². The number of anilines is 1. The summed E-state index contributed by atoms with van der Waals surface area (Å²) >= 11 is 0. The van der Waals surface area contributed by atoms with E-state index in [1.165, 1.54) is 12.3 Å². The lowest BCUT2D eigenvalue weighted by atomic mass is 9.96. The van der Waals surface area contributed by atoms with Crippen molar-refractivity contribution in [2.45, 2.75) is 37.4 Å². The number of aliphatic hydroxyl groups is 3. The maximum atomic E-state index is 11.8. The predicted octanol–water partition coefficient (Wildman–Crippen LogP) is -1.78. The van der Waals surface area contributed by atoms with Crippen LogP contribution < -0.4 is 11.4 Å². The minimum Gasteiger partial charge on any atom is -0.392 e. The molecular formula is C13H17N3O5. The predicted molar refractivity (Wildman–Crippen MR) is 72.9 cm³/mol. The normalized spacial score (nSPS) is 31.7. The largest absolute Gasteiger partial charge is 0.392 e. The quantitative estimate of drug-likeness (QED) is 0.474. The summed E-state index contributed by atoms with van der Waals surface area (Å²) in [5, 5.41) is 29.7. The standard InChI is InChI=1S/C13H17N3O5/c1-2-3-5-13(7-17)10(19)9(18)11(21-13)16-6-4-8(14)15-12(16)20/h4,6,9-11,17-19H,2,7H2,1H3,(H2,14,15,20)/t9?,10?,11-,13-/m1/s1. The van der Waals surface area contributed by atoms with Crippen molar-refractivity contribution in [2.75, 3.05) is 12.3 Å². The highest BCUT2D eigenvalue weighted by atomic mass is 16.6. The van der Waals surface area contributed by atoms with E-state index in [4.69, 9.17) is 10.5 Å². The molecule has 8 nitrogen and oxygen atoms in total. The summed E-state index contributed by atoms with van der Waals surface area (Å²) in [4.78, 5) is 15.3. The minimum atomic E-state index is -1.64. The number of nitrogen functional groups attached to an aromatic ring is 1. The second-order valence-corrected chi connectivity index (χ2v) is 4.69. The molecule has 1 fully saturated rings. The molecule has 2 heterocycles. The van der Waals surface area contributed by atoms with E-state index >= 15 is 0 Å². The molecule has 0 radical (unpaired) electrons. The molecule has 2 unspecified atom stereocenters. The lowest BCUT2D eigenvalue weighted by Gasteiger charge is -2.23. The van der Waals surface area contributed by atoms with E-state index in [1.807, 2.05) is 0 Å². The van der Waals surface area contributed by atoms with Crippen molar-refractivity contribution in [1.82, 2.24) is 9.55 Å². The molecule has 2 rings (SSSR count). The molecule has 1 aromatic rings. The van der Waals surface area contributed by atoms with E-state index in [2.05, 4.69) is 16.8 Å². The first-order chi connectivity index (χ1) is 9.95. The van der Waals surface area contributed by atoms with Gasteiger partial charge in [0.25, 0.3) is 0 Å². The van der Waals surface area contributed by atoms with Crippen LogP contribution in [0.2, 0.25) is 0 Å². The van der Waals surface area contributed by atoms with Crippen LogP contribution in [0.15, 0.2) is 17.1 Å². The number of ether oxygens (including phenoxy) is 1. The van der Waals surface area contributed by atoms with Gasteiger partial charge in [0.1, 0.15) is 18.0 Å². The molecule has 21 heavy (non-hydrogen) atoms. The van der Waals surface area contributed by atoms with Crippen LogP contribution in [-0.4, -0.2) is 49.3 Å². The maximum absolute atomic E-state index is 11.8. The van der Waals surface area contributed by atoms with Crippen molar-refractivity contribution >= 4 is 5.82 Å². The molecule has 0 spiro atoms. The first-order valence-electron chi connectivity index (χ1n) is 6.44. The number of aliphatic hydroxyl groups excluding tert-OH is 3. The van der Waals surface area contributed by atoms with Gasteiger partial charge >= 0.3 is 5.69 Å². The van der Waals surface area contributed by atoms with E-state index in [0.717, 1.165) is 4.57 Å². The number of aromatic nitrogens is 2. The summed E-state index contributed by atoms with van der Waals surface area (Å²) in [5.74, 6) is 5.34. The average molecular weight is 295 g/mol. The molecule has 0 aliphatic carbocycles. The van der Waals surface area contributed by atoms with Gasteiger partial charge in [0, 0.05) is 12.6 Å². The highest BCUT2D eigenvalue weighted by molar-refractivity contribution is 5.25. The van der Waals surface area contributed by atoms with E-state index in [0.29, 0.717) is 6.42 Å². The third-order valence-electron chi connectivity index (χ3n) is 3.26. The van der Waals surface area contributed by atoms with Crippen LogP contribution in [0.25, 0.3) is 0 Å². The summed E-state index contributed by atoms with van der Waals surface area (Å²) < 4.78 is 6.49. The molecule has 1 saturated heterocycles. The Bertz CT molecular complexity index is 635. The monoisotopic (exact) mass is 295 g/mol. The molecule has 0 saturated carbocycles. The lowest BCUT2D eigenvalue weighted by Crippen LogP contribution is -2.45. The van der Waals surface area contributed by atoms with Gasteiger partial charge in [-0.05, 0) is 6.07 Å². The number of rotatable bonds is 2. The van der Waals surface area contributed by atoms with Gasteiger partial charge in [-0.25, -0.2) is 4.79 Å². The zero-order valence-electron chi connectivity index (χ0n) is 11.4. The van der Waals surface area contributed by atoms with Crippen molar-refractivity contribution in [1.29, 1.82) is 0 Å². The first kappa shape index (κ1) is 15.5. The Balaban J connectivity index is 2.42. The Morgan fingerprint density at radius 2 is 2.29 bits per heavy atom. The van der Waals surface area contributed by atoms with E-state index < -0.39 is 36.3 Å². The molecular weight excluding hydrogens is 278 g/mol. The topological polar surface area (TPSA) is 131 Å². The van der Waals surface area contributed by atoms with Crippen LogP contribution in [0.3, 0.4) is 0 Å². The molecule has 0 amide bonds. The van der Waals surface area contributed by atoms with Gasteiger partial charge in [-0.3, -0.25) is 4.57 Å². The van der Waals surface area contributed by atoms with Crippen LogP contribution in [-0.2, 0) is 4.74 Å². The highest BCUT2D eigenvalue weighted by Crippen LogP contribution is 2.36. The lowest BCUT2D eigenvalue weighted by molar-refractivity contribution is -0.0937. The Hall–Kier alpha value is -1.92. The van der Waals surface area contributed by atoms with Crippen molar-refractivity contribution in [3.8, 4) is 11.8 Å². The van der Waals surface area contributed by atoms with Crippen molar-refractivity contribution < 1.29 is 20.1 Å². The number of hydrogen-bond acceptors (Lipinski definition) is 7. The Morgan fingerprint density at radius 1 is 1.57 bits per heavy atom. The summed E-state index contributed by atoms with van der Waals surface area (Å²) in [6.07, 6.45) is -2.32. The van der Waals surface area contributed by atoms with Crippen molar-refractivity contribution in [3.63, 3.8) is 0 Å². The Morgan fingerprint density at radius 3 is 2.86 bits per heavy atom. The van der Waals surface area contributed by atoms with E-state index in [9.17, 15) is 20.1 Å². The molecule has 4 atom stereocenters.